The molecule has 0 saturated heterocycles. The van der Waals surface area contributed by atoms with Crippen molar-refractivity contribution < 1.29 is 8.42 Å². The smallest absolute Gasteiger partial charge is 0.212 e. The number of hydrogen-bond donors (Lipinski definition) is 1. The highest BCUT2D eigenvalue weighted by Gasteiger charge is 2.33. The average molecular weight is 256 g/mol. The van der Waals surface area contributed by atoms with Crippen LogP contribution in [0.5, 0.6) is 0 Å². The number of hydrogen-bond acceptors (Lipinski definition) is 3. The third-order valence-electron chi connectivity index (χ3n) is 4.05. The van der Waals surface area contributed by atoms with E-state index in [0.29, 0.717) is 12.3 Å². The maximum Gasteiger partial charge on any atom is 0.214 e. The summed E-state index contributed by atoms with van der Waals surface area (Å²) in [5.74, 6) is 0.476. The van der Waals surface area contributed by atoms with Crippen molar-refractivity contribution >= 4 is 10.0 Å². The first kappa shape index (κ1) is 12.8. The molecule has 0 radical (unpaired) electrons. The van der Waals surface area contributed by atoms with Gasteiger partial charge in [0.25, 0.3) is 0 Å². The molecule has 0 unspecified atom stereocenters. The van der Waals surface area contributed by atoms with Crippen molar-refractivity contribution in [2.75, 3.05) is 0 Å². The summed E-state index contributed by atoms with van der Waals surface area (Å²) >= 11 is 0. The minimum absolute atomic E-state index is 0.107. The third-order valence-corrected chi connectivity index (χ3v) is 6.06. The van der Waals surface area contributed by atoms with Crippen LogP contribution in [0, 0.1) is 17.2 Å². The van der Waals surface area contributed by atoms with Crippen molar-refractivity contribution in [2.45, 2.75) is 62.7 Å². The predicted octanol–water partition coefficient (Wildman–Crippen LogP) is 1.93. The van der Waals surface area contributed by atoms with Crippen LogP contribution in [0.15, 0.2) is 0 Å². The molecule has 0 aromatic carbocycles. The van der Waals surface area contributed by atoms with Gasteiger partial charge in [0.15, 0.2) is 0 Å². The van der Waals surface area contributed by atoms with Crippen LogP contribution in [0.2, 0.25) is 0 Å². The minimum Gasteiger partial charge on any atom is -0.212 e. The molecule has 0 aliphatic heterocycles. The lowest BCUT2D eigenvalue weighted by Gasteiger charge is -2.31. The molecule has 17 heavy (non-hydrogen) atoms. The van der Waals surface area contributed by atoms with Crippen LogP contribution in [-0.4, -0.2) is 19.7 Å². The molecule has 2 aliphatic carbocycles. The van der Waals surface area contributed by atoms with Gasteiger partial charge in [-0.05, 0) is 44.4 Å². The molecule has 0 aromatic rings. The predicted molar refractivity (Wildman–Crippen MR) is 65.7 cm³/mol. The third kappa shape index (κ3) is 3.20. The fraction of sp³-hybridized carbons (Fsp3) is 0.917. The summed E-state index contributed by atoms with van der Waals surface area (Å²) in [7, 11) is -3.07. The van der Waals surface area contributed by atoms with E-state index in [9.17, 15) is 8.42 Å². The summed E-state index contributed by atoms with van der Waals surface area (Å²) in [5, 5.41) is 8.48. The van der Waals surface area contributed by atoms with Gasteiger partial charge in [-0.15, -0.1) is 0 Å². The van der Waals surface area contributed by atoms with E-state index in [1.807, 2.05) is 0 Å². The molecule has 4 nitrogen and oxygen atoms in total. The minimum atomic E-state index is -3.07. The van der Waals surface area contributed by atoms with Gasteiger partial charge < -0.3 is 0 Å². The van der Waals surface area contributed by atoms with Crippen LogP contribution < -0.4 is 4.72 Å². The maximum absolute atomic E-state index is 11.9. The zero-order valence-electron chi connectivity index (χ0n) is 10.1. The van der Waals surface area contributed by atoms with Crippen molar-refractivity contribution in [3.05, 3.63) is 0 Å². The Kier molecular flexibility index (Phi) is 4.05. The number of rotatable bonds is 4. The van der Waals surface area contributed by atoms with E-state index >= 15 is 0 Å². The average Bonchev–Trinajstić information content (AvgIpc) is 2.17. The fourth-order valence-electron chi connectivity index (χ4n) is 2.62. The van der Waals surface area contributed by atoms with Crippen LogP contribution in [0.1, 0.15) is 51.4 Å². The van der Waals surface area contributed by atoms with Crippen molar-refractivity contribution in [1.82, 2.24) is 4.72 Å². The Labute approximate surface area is 103 Å². The standard InChI is InChI=1S/C12H20N2O2S/c13-9-8-10-4-6-11(7-5-10)14-17(15,16)12-2-1-3-12/h10-12,14H,1-8H2. The van der Waals surface area contributed by atoms with E-state index < -0.39 is 10.0 Å². The second-order valence-corrected chi connectivity index (χ2v) is 7.29. The fourth-order valence-corrected chi connectivity index (χ4v) is 4.47. The summed E-state index contributed by atoms with van der Waals surface area (Å²) in [6.45, 7) is 0. The molecule has 96 valence electrons. The first-order chi connectivity index (χ1) is 8.12. The summed E-state index contributed by atoms with van der Waals surface area (Å²) in [6.07, 6.45) is 7.02. The van der Waals surface area contributed by atoms with Crippen LogP contribution in [-0.2, 0) is 10.0 Å². The second kappa shape index (κ2) is 5.36. The summed E-state index contributed by atoms with van der Waals surface area (Å²) in [5.41, 5.74) is 0. The van der Waals surface area contributed by atoms with Gasteiger partial charge in [-0.3, -0.25) is 0 Å². The molecule has 2 fully saturated rings. The molecule has 0 aromatic heterocycles. The van der Waals surface area contributed by atoms with E-state index in [1.54, 1.807) is 0 Å². The van der Waals surface area contributed by atoms with Gasteiger partial charge in [-0.1, -0.05) is 6.42 Å². The molecule has 0 spiro atoms. The highest BCUT2D eigenvalue weighted by atomic mass is 32.2. The van der Waals surface area contributed by atoms with Crippen molar-refractivity contribution in [1.29, 1.82) is 5.26 Å². The molecule has 0 heterocycles. The van der Waals surface area contributed by atoms with E-state index in [1.165, 1.54) is 0 Å². The van der Waals surface area contributed by atoms with E-state index in [0.717, 1.165) is 44.9 Å². The topological polar surface area (TPSA) is 70.0 Å². The summed E-state index contributed by atoms with van der Waals surface area (Å²) < 4.78 is 26.7. The highest BCUT2D eigenvalue weighted by Crippen LogP contribution is 2.29. The number of nitrogens with one attached hydrogen (secondary N) is 1. The van der Waals surface area contributed by atoms with Crippen LogP contribution in [0.4, 0.5) is 0 Å². The van der Waals surface area contributed by atoms with E-state index in [4.69, 9.17) is 5.26 Å². The number of nitrogens with zero attached hydrogens (tertiary/aromatic N) is 1. The van der Waals surface area contributed by atoms with Gasteiger partial charge in [0.2, 0.25) is 10.0 Å². The Hall–Kier alpha value is -0.600. The largest absolute Gasteiger partial charge is 0.214 e. The Morgan fingerprint density at radius 2 is 1.76 bits per heavy atom. The molecular weight excluding hydrogens is 236 g/mol. The molecule has 0 bridgehead atoms. The van der Waals surface area contributed by atoms with Gasteiger partial charge in [0, 0.05) is 12.5 Å². The normalized spacial score (nSPS) is 30.5. The number of nitriles is 1. The number of sulfonamides is 1. The molecule has 0 atom stereocenters. The SMILES string of the molecule is N#CCC1CCC(NS(=O)(=O)C2CCC2)CC1. The lowest BCUT2D eigenvalue weighted by Crippen LogP contribution is -2.44. The molecule has 5 heteroatoms. The van der Waals surface area contributed by atoms with Crippen molar-refractivity contribution in [3.63, 3.8) is 0 Å². The monoisotopic (exact) mass is 256 g/mol. The van der Waals surface area contributed by atoms with E-state index in [-0.39, 0.29) is 11.3 Å². The maximum atomic E-state index is 11.9. The molecule has 2 rings (SSSR count). The van der Waals surface area contributed by atoms with Gasteiger partial charge in [-0.25, -0.2) is 13.1 Å². The van der Waals surface area contributed by atoms with Crippen LogP contribution in [0.25, 0.3) is 0 Å². The lowest BCUT2D eigenvalue weighted by molar-refractivity contribution is 0.314. The quantitative estimate of drug-likeness (QED) is 0.835. The second-order valence-electron chi connectivity index (χ2n) is 5.30. The Balaban J connectivity index is 1.80. The first-order valence-corrected chi connectivity index (χ1v) is 8.04. The van der Waals surface area contributed by atoms with Crippen molar-refractivity contribution in [3.8, 4) is 6.07 Å². The lowest BCUT2D eigenvalue weighted by atomic mass is 9.85. The zero-order chi connectivity index (χ0) is 12.3. The Bertz CT molecular complexity index is 387. The Morgan fingerprint density at radius 1 is 1.12 bits per heavy atom. The molecule has 2 saturated carbocycles. The van der Waals surface area contributed by atoms with Gasteiger partial charge in [0.1, 0.15) is 0 Å². The molecule has 0 amide bonds. The van der Waals surface area contributed by atoms with Gasteiger partial charge in [-0.2, -0.15) is 5.26 Å². The van der Waals surface area contributed by atoms with Crippen LogP contribution in [0.3, 0.4) is 0 Å². The molecular formula is C12H20N2O2S. The van der Waals surface area contributed by atoms with Crippen molar-refractivity contribution in [2.24, 2.45) is 5.92 Å². The highest BCUT2D eigenvalue weighted by molar-refractivity contribution is 7.90. The van der Waals surface area contributed by atoms with Crippen LogP contribution >= 0.6 is 0 Å². The first-order valence-electron chi connectivity index (χ1n) is 6.50. The summed E-state index contributed by atoms with van der Waals surface area (Å²) in [6, 6.07) is 2.31. The van der Waals surface area contributed by atoms with E-state index in [2.05, 4.69) is 10.8 Å². The van der Waals surface area contributed by atoms with Gasteiger partial charge in [0.05, 0.1) is 11.3 Å². The molecule has 1 N–H and O–H groups in total. The summed E-state index contributed by atoms with van der Waals surface area (Å²) in [4.78, 5) is 0. The van der Waals surface area contributed by atoms with Gasteiger partial charge >= 0.3 is 0 Å². The molecule has 2 aliphatic rings. The zero-order valence-corrected chi connectivity index (χ0v) is 10.9. The Morgan fingerprint density at radius 3 is 2.24 bits per heavy atom.